The Hall–Kier alpha value is -2.93. The van der Waals surface area contributed by atoms with Crippen LogP contribution >= 0.6 is 11.6 Å². The Morgan fingerprint density at radius 3 is 2.85 bits per heavy atom. The number of halogens is 1. The number of hydrogen-bond donors (Lipinski definition) is 3. The minimum Gasteiger partial charge on any atom is -0.355 e. The summed E-state index contributed by atoms with van der Waals surface area (Å²) in [7, 11) is 1.56. The first-order valence-corrected chi connectivity index (χ1v) is 9.11. The minimum atomic E-state index is -0.253. The van der Waals surface area contributed by atoms with Crippen LogP contribution in [0.2, 0.25) is 5.02 Å². The molecule has 2 heterocycles. The van der Waals surface area contributed by atoms with Crippen LogP contribution in [0, 0.1) is 6.92 Å². The summed E-state index contributed by atoms with van der Waals surface area (Å²) in [6.45, 7) is 1.93. The van der Waals surface area contributed by atoms with Crippen molar-refractivity contribution >= 4 is 29.1 Å². The fourth-order valence-corrected chi connectivity index (χ4v) is 3.01. The van der Waals surface area contributed by atoms with E-state index in [1.165, 1.54) is 12.8 Å². The van der Waals surface area contributed by atoms with Gasteiger partial charge in [-0.15, -0.1) is 0 Å². The number of nitrogens with one attached hydrogen (secondary N) is 3. The summed E-state index contributed by atoms with van der Waals surface area (Å²) in [5.41, 5.74) is 3.14. The van der Waals surface area contributed by atoms with Crippen molar-refractivity contribution in [1.29, 1.82) is 0 Å². The van der Waals surface area contributed by atoms with E-state index in [0.717, 1.165) is 17.1 Å². The molecular weight excluding hydrogens is 364 g/mol. The second-order valence-electron chi connectivity index (χ2n) is 6.61. The van der Waals surface area contributed by atoms with Crippen molar-refractivity contribution in [2.45, 2.75) is 25.7 Å². The lowest BCUT2D eigenvalue weighted by Crippen LogP contribution is -2.18. The number of amides is 1. The highest BCUT2D eigenvalue weighted by molar-refractivity contribution is 6.34. The van der Waals surface area contributed by atoms with E-state index in [-0.39, 0.29) is 5.91 Å². The molecule has 0 radical (unpaired) electrons. The topological polar surface area (TPSA) is 95.6 Å². The highest BCUT2D eigenvalue weighted by Gasteiger charge is 2.25. The fraction of sp³-hybridized carbons (Fsp3) is 0.263. The molecule has 1 aromatic carbocycles. The van der Waals surface area contributed by atoms with Crippen molar-refractivity contribution in [2.75, 3.05) is 12.4 Å². The van der Waals surface area contributed by atoms with E-state index in [1.807, 2.05) is 13.0 Å². The average Bonchev–Trinajstić information content (AvgIpc) is 3.42. The molecule has 1 aliphatic carbocycles. The van der Waals surface area contributed by atoms with Crippen molar-refractivity contribution in [3.63, 3.8) is 0 Å². The van der Waals surface area contributed by atoms with Gasteiger partial charge in [-0.3, -0.25) is 9.89 Å². The van der Waals surface area contributed by atoms with Gasteiger partial charge in [-0.25, -0.2) is 9.97 Å². The zero-order valence-electron chi connectivity index (χ0n) is 15.0. The smallest absolute Gasteiger partial charge is 0.252 e. The van der Waals surface area contributed by atoms with Gasteiger partial charge in [0.25, 0.3) is 5.91 Å². The van der Waals surface area contributed by atoms with E-state index in [0.29, 0.717) is 33.7 Å². The number of H-pyrrole nitrogens is 1. The normalized spacial score (nSPS) is 13.4. The van der Waals surface area contributed by atoms with Crippen LogP contribution in [0.3, 0.4) is 0 Å². The Kier molecular flexibility index (Phi) is 4.53. The third-order valence-corrected chi connectivity index (χ3v) is 4.86. The molecule has 0 atom stereocenters. The number of carbonyl (C=O) groups is 1. The van der Waals surface area contributed by atoms with Crippen molar-refractivity contribution in [3.05, 3.63) is 52.3 Å². The van der Waals surface area contributed by atoms with Gasteiger partial charge in [0.2, 0.25) is 0 Å². The molecule has 1 fully saturated rings. The summed E-state index contributed by atoms with van der Waals surface area (Å²) in [4.78, 5) is 21.0. The molecule has 8 heteroatoms. The highest BCUT2D eigenvalue weighted by atomic mass is 35.5. The molecule has 0 unspecified atom stereocenters. The molecule has 0 bridgehead atoms. The number of anilines is 2. The number of aryl methyl sites for hydroxylation is 1. The van der Waals surface area contributed by atoms with Gasteiger partial charge in [0.05, 0.1) is 10.6 Å². The summed E-state index contributed by atoms with van der Waals surface area (Å²) < 4.78 is 0. The van der Waals surface area contributed by atoms with Crippen LogP contribution in [0.15, 0.2) is 30.5 Å². The van der Waals surface area contributed by atoms with Gasteiger partial charge in [-0.05, 0) is 38.0 Å². The highest BCUT2D eigenvalue weighted by Crippen LogP contribution is 2.39. The van der Waals surface area contributed by atoms with Crippen LogP contribution in [0.5, 0.6) is 0 Å². The number of aromatic nitrogens is 4. The number of rotatable bonds is 5. The van der Waals surface area contributed by atoms with Gasteiger partial charge in [0.1, 0.15) is 5.82 Å². The molecule has 0 spiro atoms. The fourth-order valence-electron chi connectivity index (χ4n) is 2.81. The molecule has 4 rings (SSSR count). The van der Waals surface area contributed by atoms with Gasteiger partial charge < -0.3 is 10.6 Å². The molecule has 0 aliphatic heterocycles. The van der Waals surface area contributed by atoms with E-state index in [4.69, 9.17) is 11.6 Å². The summed E-state index contributed by atoms with van der Waals surface area (Å²) in [6.07, 6.45) is 4.17. The minimum absolute atomic E-state index is 0.253. The maximum absolute atomic E-state index is 12.0. The quantitative estimate of drug-likeness (QED) is 0.623. The van der Waals surface area contributed by atoms with Gasteiger partial charge in [-0.1, -0.05) is 11.6 Å². The lowest BCUT2D eigenvalue weighted by molar-refractivity contribution is 0.0963. The maximum atomic E-state index is 12.0. The SMILES string of the molecule is CNC(=O)c1cc(-c2ncc(C)c(Nc3cc(C4CC4)[nH]n3)n2)ccc1Cl. The first-order chi connectivity index (χ1) is 13.0. The number of aromatic amines is 1. The molecule has 27 heavy (non-hydrogen) atoms. The van der Waals surface area contributed by atoms with Crippen molar-refractivity contribution in [3.8, 4) is 11.4 Å². The largest absolute Gasteiger partial charge is 0.355 e. The zero-order valence-corrected chi connectivity index (χ0v) is 15.8. The molecule has 7 nitrogen and oxygen atoms in total. The summed E-state index contributed by atoms with van der Waals surface area (Å²) in [5.74, 6) is 2.25. The van der Waals surface area contributed by atoms with Crippen molar-refractivity contribution < 1.29 is 4.79 Å². The Labute approximate surface area is 161 Å². The van der Waals surface area contributed by atoms with Gasteiger partial charge in [0.15, 0.2) is 11.6 Å². The van der Waals surface area contributed by atoms with Crippen LogP contribution < -0.4 is 10.6 Å². The lowest BCUT2D eigenvalue weighted by atomic mass is 10.1. The molecule has 3 N–H and O–H groups in total. The number of hydrogen-bond acceptors (Lipinski definition) is 5. The predicted octanol–water partition coefficient (Wildman–Crippen LogP) is 3.81. The standard InChI is InChI=1S/C19H19ClN6O/c1-10-9-22-18(12-5-6-14(20)13(7-12)19(27)21-2)24-17(10)23-16-8-15(25-26-16)11-3-4-11/h5-9,11H,3-4H2,1-2H3,(H,21,27)(H2,22,23,24,25,26). The third kappa shape index (κ3) is 3.64. The Morgan fingerprint density at radius 1 is 1.30 bits per heavy atom. The van der Waals surface area contributed by atoms with Crippen LogP contribution in [0.4, 0.5) is 11.6 Å². The van der Waals surface area contributed by atoms with E-state index in [9.17, 15) is 4.79 Å². The Balaban J connectivity index is 1.64. The van der Waals surface area contributed by atoms with Crippen LogP contribution in [-0.4, -0.2) is 33.1 Å². The van der Waals surface area contributed by atoms with Crippen LogP contribution in [-0.2, 0) is 0 Å². The average molecular weight is 383 g/mol. The summed E-state index contributed by atoms with van der Waals surface area (Å²) in [5, 5.41) is 13.6. The Morgan fingerprint density at radius 2 is 2.11 bits per heavy atom. The zero-order chi connectivity index (χ0) is 19.0. The number of carbonyl (C=O) groups excluding carboxylic acids is 1. The van der Waals surface area contributed by atoms with Gasteiger partial charge in [0, 0.05) is 42.0 Å². The molecule has 138 valence electrons. The van der Waals surface area contributed by atoms with Crippen LogP contribution in [0.1, 0.15) is 40.4 Å². The molecule has 2 aromatic heterocycles. The first-order valence-electron chi connectivity index (χ1n) is 8.73. The predicted molar refractivity (Wildman–Crippen MR) is 104 cm³/mol. The van der Waals surface area contributed by atoms with E-state index < -0.39 is 0 Å². The maximum Gasteiger partial charge on any atom is 0.252 e. The molecular formula is C19H19ClN6O. The van der Waals surface area contributed by atoms with E-state index in [1.54, 1.807) is 31.4 Å². The summed E-state index contributed by atoms with van der Waals surface area (Å²) in [6, 6.07) is 7.18. The van der Waals surface area contributed by atoms with Gasteiger partial charge >= 0.3 is 0 Å². The third-order valence-electron chi connectivity index (χ3n) is 4.53. The molecule has 0 saturated heterocycles. The van der Waals surface area contributed by atoms with Crippen molar-refractivity contribution in [2.24, 2.45) is 0 Å². The number of benzene rings is 1. The molecule has 3 aromatic rings. The second kappa shape index (κ2) is 7.00. The van der Waals surface area contributed by atoms with Crippen molar-refractivity contribution in [1.82, 2.24) is 25.5 Å². The first kappa shape index (κ1) is 17.5. The number of nitrogens with zero attached hydrogens (tertiary/aromatic N) is 3. The summed E-state index contributed by atoms with van der Waals surface area (Å²) >= 11 is 6.13. The van der Waals surface area contributed by atoms with Crippen LogP contribution in [0.25, 0.3) is 11.4 Å². The molecule has 1 aliphatic rings. The second-order valence-corrected chi connectivity index (χ2v) is 7.01. The van der Waals surface area contributed by atoms with E-state index >= 15 is 0 Å². The Bertz CT molecular complexity index is 1010. The molecule has 1 amide bonds. The molecule has 1 saturated carbocycles. The lowest BCUT2D eigenvalue weighted by Gasteiger charge is -2.09. The van der Waals surface area contributed by atoms with Gasteiger partial charge in [-0.2, -0.15) is 5.10 Å². The monoisotopic (exact) mass is 382 g/mol. The van der Waals surface area contributed by atoms with E-state index in [2.05, 4.69) is 30.8 Å².